The molecule has 0 amide bonds. The molecule has 0 bridgehead atoms. The Morgan fingerprint density at radius 2 is 1.97 bits per heavy atom. The highest BCUT2D eigenvalue weighted by Gasteiger charge is 2.33. The van der Waals surface area contributed by atoms with Gasteiger partial charge in [-0.1, -0.05) is 53.5 Å². The maximum absolute atomic E-state index is 13.8. The minimum absolute atomic E-state index is 0.126. The van der Waals surface area contributed by atoms with Crippen molar-refractivity contribution in [2.24, 2.45) is 0 Å². The zero-order valence-corrected chi connectivity index (χ0v) is 17.9. The molecule has 7 nitrogen and oxygen atoms in total. The summed E-state index contributed by atoms with van der Waals surface area (Å²) in [6.45, 7) is 0.698. The molecule has 3 N–H and O–H groups in total. The Hall–Kier alpha value is -2.52. The fraction of sp³-hybridized carbons (Fsp3) is 0.286. The first-order chi connectivity index (χ1) is 14.9. The molecular weight excluding hydrogens is 444 g/mol. The molecule has 1 aromatic heterocycles. The van der Waals surface area contributed by atoms with Crippen molar-refractivity contribution in [1.82, 2.24) is 15.2 Å². The lowest BCUT2D eigenvalue weighted by Gasteiger charge is -2.24. The van der Waals surface area contributed by atoms with Gasteiger partial charge in [0, 0.05) is 17.7 Å². The van der Waals surface area contributed by atoms with Crippen LogP contribution in [-0.4, -0.2) is 45.6 Å². The summed E-state index contributed by atoms with van der Waals surface area (Å²) < 4.78 is 19.5. The molecule has 2 heterocycles. The van der Waals surface area contributed by atoms with Crippen LogP contribution in [0.4, 0.5) is 16.2 Å². The summed E-state index contributed by atoms with van der Waals surface area (Å²) in [6.07, 6.45) is -0.114. The van der Waals surface area contributed by atoms with Gasteiger partial charge < -0.3 is 20.5 Å². The molecule has 1 fully saturated rings. The molecule has 0 saturated carbocycles. The van der Waals surface area contributed by atoms with Gasteiger partial charge in [0.1, 0.15) is 11.5 Å². The molecule has 10 heteroatoms. The van der Waals surface area contributed by atoms with Crippen molar-refractivity contribution in [2.75, 3.05) is 23.8 Å². The van der Waals surface area contributed by atoms with Crippen molar-refractivity contribution in [2.45, 2.75) is 25.2 Å². The summed E-state index contributed by atoms with van der Waals surface area (Å²) in [5.74, 6) is 0.0957. The summed E-state index contributed by atoms with van der Waals surface area (Å²) in [4.78, 5) is 6.16. The Kier molecular flexibility index (Phi) is 6.52. The van der Waals surface area contributed by atoms with Crippen molar-refractivity contribution in [3.05, 3.63) is 63.9 Å². The fourth-order valence-corrected chi connectivity index (χ4v) is 3.93. The van der Waals surface area contributed by atoms with Crippen LogP contribution in [0.15, 0.2) is 42.5 Å². The number of aliphatic hydroxyl groups excluding tert-OH is 1. The number of halogens is 3. The highest BCUT2D eigenvalue weighted by atomic mass is 35.5. The molecule has 1 aliphatic rings. The second kappa shape index (κ2) is 9.32. The summed E-state index contributed by atoms with van der Waals surface area (Å²) in [6, 6.07) is 11.4. The van der Waals surface area contributed by atoms with Crippen molar-refractivity contribution in [3.8, 4) is 11.3 Å². The van der Waals surface area contributed by atoms with E-state index in [2.05, 4.69) is 15.2 Å². The number of hydrogen-bond acceptors (Lipinski definition) is 7. The predicted octanol–water partition coefficient (Wildman–Crippen LogP) is 3.72. The topological polar surface area (TPSA) is 97.4 Å². The smallest absolute Gasteiger partial charge is 0.247 e. The summed E-state index contributed by atoms with van der Waals surface area (Å²) in [5, 5.41) is 19.2. The standard InChI is InChI=1S/C21H20Cl2FN5O2/c22-16-6-3-5-15(18(16)23)19-20(25)26-21(28-27-19)29-9-14(30)8-13(29)11-31-10-12-4-1-2-7-17(12)24/h1-7,13-14,30H,8-11H2,(H2,25,26,28)/t13-,14?/m0/s1. The molecule has 0 aliphatic carbocycles. The first kappa shape index (κ1) is 21.7. The van der Waals surface area contributed by atoms with Crippen LogP contribution in [0.25, 0.3) is 11.3 Å². The quantitative estimate of drug-likeness (QED) is 0.574. The third-order valence-electron chi connectivity index (χ3n) is 5.08. The van der Waals surface area contributed by atoms with E-state index in [1.54, 1.807) is 41.3 Å². The molecule has 1 saturated heterocycles. The molecule has 1 aliphatic heterocycles. The molecule has 4 rings (SSSR count). The zero-order chi connectivity index (χ0) is 22.0. The van der Waals surface area contributed by atoms with Crippen molar-refractivity contribution >= 4 is 35.0 Å². The SMILES string of the molecule is Nc1nc(N2CC(O)C[C@H]2COCc2ccccc2F)nnc1-c1cccc(Cl)c1Cl. The molecule has 162 valence electrons. The Morgan fingerprint density at radius 3 is 2.74 bits per heavy atom. The van der Waals surface area contributed by atoms with Crippen LogP contribution >= 0.6 is 23.2 Å². The lowest BCUT2D eigenvalue weighted by atomic mass is 10.1. The second-order valence-corrected chi connectivity index (χ2v) is 8.03. The van der Waals surface area contributed by atoms with Crippen molar-refractivity contribution in [3.63, 3.8) is 0 Å². The summed E-state index contributed by atoms with van der Waals surface area (Å²) in [5.41, 5.74) is 7.46. The first-order valence-electron chi connectivity index (χ1n) is 9.64. The molecule has 0 radical (unpaired) electrons. The minimum atomic E-state index is -0.575. The van der Waals surface area contributed by atoms with E-state index in [-0.39, 0.29) is 36.8 Å². The van der Waals surface area contributed by atoms with Gasteiger partial charge in [0.2, 0.25) is 5.95 Å². The molecule has 3 aromatic rings. The number of rotatable bonds is 6. The number of anilines is 2. The van der Waals surface area contributed by atoms with E-state index in [4.69, 9.17) is 33.7 Å². The Balaban J connectivity index is 1.50. The Bertz CT molecular complexity index is 1090. The van der Waals surface area contributed by atoms with Gasteiger partial charge in [-0.05, 0) is 18.6 Å². The van der Waals surface area contributed by atoms with E-state index >= 15 is 0 Å². The third kappa shape index (κ3) is 4.72. The van der Waals surface area contributed by atoms with E-state index < -0.39 is 6.10 Å². The van der Waals surface area contributed by atoms with E-state index in [9.17, 15) is 9.50 Å². The second-order valence-electron chi connectivity index (χ2n) is 7.25. The van der Waals surface area contributed by atoms with Crippen LogP contribution in [0.2, 0.25) is 10.0 Å². The number of β-amino-alcohol motifs (C(OH)–C–C–N with tert-alkyl or cyclic N) is 1. The van der Waals surface area contributed by atoms with Gasteiger partial charge in [-0.15, -0.1) is 10.2 Å². The Labute approximate surface area is 188 Å². The minimum Gasteiger partial charge on any atom is -0.391 e. The number of ether oxygens (including phenoxy) is 1. The van der Waals surface area contributed by atoms with Crippen molar-refractivity contribution in [1.29, 1.82) is 0 Å². The van der Waals surface area contributed by atoms with Gasteiger partial charge in [0.15, 0.2) is 5.82 Å². The lowest BCUT2D eigenvalue weighted by molar-refractivity contribution is 0.100. The van der Waals surface area contributed by atoms with Gasteiger partial charge in [-0.2, -0.15) is 4.98 Å². The number of nitrogen functional groups attached to an aromatic ring is 1. The number of aliphatic hydroxyl groups is 1. The number of aromatic nitrogens is 3. The largest absolute Gasteiger partial charge is 0.391 e. The van der Waals surface area contributed by atoms with Crippen LogP contribution in [0, 0.1) is 5.82 Å². The number of hydrogen-bond donors (Lipinski definition) is 2. The average molecular weight is 464 g/mol. The Morgan fingerprint density at radius 1 is 1.16 bits per heavy atom. The maximum Gasteiger partial charge on any atom is 0.247 e. The monoisotopic (exact) mass is 463 g/mol. The van der Waals surface area contributed by atoms with Crippen LogP contribution in [0.5, 0.6) is 0 Å². The van der Waals surface area contributed by atoms with Gasteiger partial charge in [0.25, 0.3) is 0 Å². The fourth-order valence-electron chi connectivity index (χ4n) is 3.54. The summed E-state index contributed by atoms with van der Waals surface area (Å²) in [7, 11) is 0. The van der Waals surface area contributed by atoms with E-state index in [0.29, 0.717) is 39.8 Å². The van der Waals surface area contributed by atoms with Gasteiger partial charge in [0.05, 0.1) is 35.4 Å². The summed E-state index contributed by atoms with van der Waals surface area (Å²) >= 11 is 12.3. The molecule has 2 atom stereocenters. The lowest BCUT2D eigenvalue weighted by Crippen LogP contribution is -2.35. The molecule has 31 heavy (non-hydrogen) atoms. The molecular formula is C21H20Cl2FN5O2. The zero-order valence-electron chi connectivity index (χ0n) is 16.4. The van der Waals surface area contributed by atoms with Gasteiger partial charge in [-0.25, -0.2) is 4.39 Å². The number of nitrogens with zero attached hydrogens (tertiary/aromatic N) is 4. The molecule has 0 spiro atoms. The van der Waals surface area contributed by atoms with E-state index in [1.807, 2.05) is 0 Å². The van der Waals surface area contributed by atoms with Crippen LogP contribution in [0.1, 0.15) is 12.0 Å². The normalized spacial score (nSPS) is 18.5. The highest BCUT2D eigenvalue weighted by Crippen LogP contribution is 2.35. The van der Waals surface area contributed by atoms with Crippen LogP contribution in [0.3, 0.4) is 0 Å². The third-order valence-corrected chi connectivity index (χ3v) is 5.90. The van der Waals surface area contributed by atoms with Crippen LogP contribution in [-0.2, 0) is 11.3 Å². The number of nitrogens with two attached hydrogens (primary N) is 1. The predicted molar refractivity (Wildman–Crippen MR) is 118 cm³/mol. The number of benzene rings is 2. The molecule has 1 unspecified atom stereocenters. The van der Waals surface area contributed by atoms with E-state index in [1.165, 1.54) is 6.07 Å². The van der Waals surface area contributed by atoms with Crippen LogP contribution < -0.4 is 10.6 Å². The van der Waals surface area contributed by atoms with Gasteiger partial charge in [-0.3, -0.25) is 0 Å². The highest BCUT2D eigenvalue weighted by molar-refractivity contribution is 6.43. The maximum atomic E-state index is 13.8. The van der Waals surface area contributed by atoms with Crippen molar-refractivity contribution < 1.29 is 14.2 Å². The average Bonchev–Trinajstić information content (AvgIpc) is 3.12. The molecule has 2 aromatic carbocycles. The van der Waals surface area contributed by atoms with Gasteiger partial charge >= 0.3 is 0 Å². The first-order valence-corrected chi connectivity index (χ1v) is 10.4. The van der Waals surface area contributed by atoms with E-state index in [0.717, 1.165) is 0 Å².